The van der Waals surface area contributed by atoms with Gasteiger partial charge in [0.25, 0.3) is 5.69 Å². The Balaban J connectivity index is 1.91. The van der Waals surface area contributed by atoms with E-state index in [4.69, 9.17) is 0 Å². The van der Waals surface area contributed by atoms with Crippen molar-refractivity contribution in [1.29, 1.82) is 0 Å². The van der Waals surface area contributed by atoms with Crippen molar-refractivity contribution in [2.75, 3.05) is 5.32 Å². The molecule has 0 amide bonds. The first-order valence-corrected chi connectivity index (χ1v) is 9.87. The van der Waals surface area contributed by atoms with Crippen molar-refractivity contribution < 1.29 is 9.85 Å². The minimum absolute atomic E-state index is 0.0783. The molecule has 31 heavy (non-hydrogen) atoms. The average molecular weight is 433 g/mol. The Morgan fingerprint density at radius 3 is 2.00 bits per heavy atom. The van der Waals surface area contributed by atoms with Crippen molar-refractivity contribution in [3.8, 4) is 5.69 Å². The molecule has 3 aromatic carbocycles. The van der Waals surface area contributed by atoms with Gasteiger partial charge < -0.3 is 5.32 Å². The van der Waals surface area contributed by atoms with Crippen molar-refractivity contribution in [3.05, 3.63) is 110 Å². The minimum Gasteiger partial charge on any atom is -0.335 e. The third-order valence-electron chi connectivity index (χ3n) is 4.31. The van der Waals surface area contributed by atoms with E-state index in [2.05, 4.69) is 10.3 Å². The molecule has 0 saturated heterocycles. The van der Waals surface area contributed by atoms with Gasteiger partial charge in [-0.15, -0.1) is 0 Å². The summed E-state index contributed by atoms with van der Waals surface area (Å²) < 4.78 is 1.87. The van der Waals surface area contributed by atoms with Gasteiger partial charge in [0, 0.05) is 17.8 Å². The van der Waals surface area contributed by atoms with Crippen LogP contribution in [0.5, 0.6) is 0 Å². The van der Waals surface area contributed by atoms with E-state index in [0.29, 0.717) is 11.4 Å². The van der Waals surface area contributed by atoms with Crippen LogP contribution in [0.25, 0.3) is 5.69 Å². The summed E-state index contributed by atoms with van der Waals surface area (Å²) in [4.78, 5) is 26.3. The van der Waals surface area contributed by atoms with Crippen LogP contribution in [0.4, 0.5) is 28.6 Å². The van der Waals surface area contributed by atoms with Crippen molar-refractivity contribution in [2.45, 2.75) is 0 Å². The number of hydrogen-bond donors (Lipinski definition) is 1. The van der Waals surface area contributed by atoms with Gasteiger partial charge in [0.1, 0.15) is 0 Å². The maximum Gasteiger partial charge on any atom is 0.348 e. The molecule has 1 N–H and O–H groups in total. The molecule has 4 aromatic rings. The molecule has 0 aliphatic carbocycles. The molecule has 4 rings (SSSR count). The van der Waals surface area contributed by atoms with Gasteiger partial charge in [-0.2, -0.15) is 0 Å². The van der Waals surface area contributed by atoms with Crippen molar-refractivity contribution in [1.82, 2.24) is 3.96 Å². The van der Waals surface area contributed by atoms with Crippen LogP contribution in [0.3, 0.4) is 0 Å². The van der Waals surface area contributed by atoms with E-state index < -0.39 is 9.85 Å². The molecule has 1 aromatic heterocycles. The van der Waals surface area contributed by atoms with Crippen LogP contribution in [0.1, 0.15) is 0 Å². The fourth-order valence-electron chi connectivity index (χ4n) is 2.89. The summed E-state index contributed by atoms with van der Waals surface area (Å²) in [5, 5.41) is 26.0. The van der Waals surface area contributed by atoms with Crippen molar-refractivity contribution in [2.24, 2.45) is 4.99 Å². The predicted molar refractivity (Wildman–Crippen MR) is 118 cm³/mol. The number of anilines is 2. The van der Waals surface area contributed by atoms with Gasteiger partial charge in [-0.1, -0.05) is 36.4 Å². The number of nitro groups is 2. The monoisotopic (exact) mass is 433 g/mol. The molecule has 0 saturated carbocycles. The van der Waals surface area contributed by atoms with E-state index in [9.17, 15) is 20.2 Å². The normalized spacial score (nSPS) is 11.3. The molecule has 0 radical (unpaired) electrons. The second kappa shape index (κ2) is 8.59. The number of para-hydroxylation sites is 2. The van der Waals surface area contributed by atoms with Crippen LogP contribution in [0, 0.1) is 20.2 Å². The van der Waals surface area contributed by atoms with Crippen LogP contribution in [0.2, 0.25) is 0 Å². The summed E-state index contributed by atoms with van der Waals surface area (Å²) in [5.41, 5.74) is 1.54. The Morgan fingerprint density at radius 2 is 1.42 bits per heavy atom. The first kappa shape index (κ1) is 20.0. The second-order valence-electron chi connectivity index (χ2n) is 6.36. The van der Waals surface area contributed by atoms with Crippen molar-refractivity contribution in [3.63, 3.8) is 0 Å². The van der Waals surface area contributed by atoms with E-state index in [1.165, 1.54) is 24.3 Å². The van der Waals surface area contributed by atoms with Gasteiger partial charge in [0.05, 0.1) is 21.2 Å². The van der Waals surface area contributed by atoms with E-state index in [1.807, 2.05) is 60.7 Å². The van der Waals surface area contributed by atoms with Gasteiger partial charge in [-0.25, -0.2) is 8.95 Å². The topological polar surface area (TPSA) is 116 Å². The number of aromatic nitrogens is 1. The highest BCUT2D eigenvalue weighted by Crippen LogP contribution is 2.31. The second-order valence-corrected chi connectivity index (χ2v) is 7.29. The molecule has 0 aliphatic heterocycles. The maximum atomic E-state index is 12.0. The quantitative estimate of drug-likeness (QED) is 0.326. The Bertz CT molecular complexity index is 1300. The number of benzene rings is 3. The first-order valence-electron chi connectivity index (χ1n) is 9.10. The maximum absolute atomic E-state index is 12.0. The Morgan fingerprint density at radius 1 is 0.806 bits per heavy atom. The average Bonchev–Trinajstić information content (AvgIpc) is 3.13. The number of hydrogen-bond acceptors (Lipinski definition) is 7. The van der Waals surface area contributed by atoms with Gasteiger partial charge >= 0.3 is 5.69 Å². The largest absolute Gasteiger partial charge is 0.348 e. The zero-order valence-electron chi connectivity index (χ0n) is 15.9. The molecule has 0 unspecified atom stereocenters. The smallest absolute Gasteiger partial charge is 0.335 e. The number of nitro benzene ring substituents is 1. The van der Waals surface area contributed by atoms with Gasteiger partial charge in [0.15, 0.2) is 0 Å². The Hall–Kier alpha value is -4.31. The molecule has 0 atom stereocenters. The third kappa shape index (κ3) is 4.33. The lowest BCUT2D eigenvalue weighted by atomic mass is 10.3. The summed E-state index contributed by atoms with van der Waals surface area (Å²) in [5.74, 6) is 0.271. The van der Waals surface area contributed by atoms with E-state index >= 15 is 0 Å². The molecule has 0 fully saturated rings. The van der Waals surface area contributed by atoms with Gasteiger partial charge in [0.2, 0.25) is 10.5 Å². The number of non-ortho nitro benzene ring substituents is 1. The number of nitrogens with zero attached hydrogens (tertiary/aromatic N) is 4. The number of nitrogens with one attached hydrogen (secondary N) is 1. The molecule has 10 heteroatoms. The molecular weight excluding hydrogens is 418 g/mol. The Kier molecular flexibility index (Phi) is 5.54. The van der Waals surface area contributed by atoms with E-state index in [-0.39, 0.29) is 21.9 Å². The predicted octanol–water partition coefficient (Wildman–Crippen LogP) is 5.33. The summed E-state index contributed by atoms with van der Waals surface area (Å²) in [7, 11) is 0. The highest BCUT2D eigenvalue weighted by molar-refractivity contribution is 7.05. The summed E-state index contributed by atoms with van der Waals surface area (Å²) in [6.07, 6.45) is 0. The van der Waals surface area contributed by atoms with Crippen LogP contribution >= 0.6 is 11.5 Å². The van der Waals surface area contributed by atoms with Gasteiger partial charge in [-0.05, 0) is 47.9 Å². The highest BCUT2D eigenvalue weighted by atomic mass is 32.1. The summed E-state index contributed by atoms with van der Waals surface area (Å²) in [6.45, 7) is 0. The molecule has 0 spiro atoms. The lowest BCUT2D eigenvalue weighted by Gasteiger charge is -2.09. The van der Waals surface area contributed by atoms with E-state index in [1.54, 1.807) is 3.96 Å². The standard InChI is InChI=1S/C21H15N5O4S/c27-25(28)18-13-11-16(12-14-18)23-21-19(26(29)30)20(22-15-7-3-1-4-8-15)24(31-21)17-9-5-2-6-10-17/h1-14,22H. The lowest BCUT2D eigenvalue weighted by Crippen LogP contribution is -2.05. The third-order valence-corrected chi connectivity index (χ3v) is 5.34. The zero-order valence-corrected chi connectivity index (χ0v) is 16.7. The lowest BCUT2D eigenvalue weighted by molar-refractivity contribution is -0.384. The molecular formula is C21H15N5O4S. The highest BCUT2D eigenvalue weighted by Gasteiger charge is 2.26. The van der Waals surface area contributed by atoms with Crippen LogP contribution in [0.15, 0.2) is 89.9 Å². The van der Waals surface area contributed by atoms with Crippen LogP contribution in [-0.2, 0) is 0 Å². The molecule has 1 heterocycles. The number of rotatable bonds is 6. The minimum atomic E-state index is -0.511. The Labute approximate surface area is 180 Å². The fourth-order valence-corrected chi connectivity index (χ4v) is 3.92. The van der Waals surface area contributed by atoms with Crippen LogP contribution < -0.4 is 9.99 Å². The van der Waals surface area contributed by atoms with Gasteiger partial charge in [-0.3, -0.25) is 20.2 Å². The summed E-state index contributed by atoms with van der Waals surface area (Å²) >= 11 is 1.10. The van der Waals surface area contributed by atoms with E-state index in [0.717, 1.165) is 17.2 Å². The molecule has 9 nitrogen and oxygen atoms in total. The zero-order chi connectivity index (χ0) is 21.8. The SMILES string of the molecule is O=[N+]([O-])c1ccc(N=c2sn(-c3ccccc3)c(Nc3ccccc3)c2[N+](=O)[O-])cc1. The molecule has 154 valence electrons. The molecule has 0 aliphatic rings. The fraction of sp³-hybridized carbons (Fsp3) is 0. The first-order chi connectivity index (χ1) is 15.0. The van der Waals surface area contributed by atoms with Crippen molar-refractivity contribution >= 4 is 40.1 Å². The van der Waals surface area contributed by atoms with Crippen LogP contribution in [-0.4, -0.2) is 13.8 Å². The summed E-state index contributed by atoms with van der Waals surface area (Å²) in [6, 6.07) is 23.9. The molecule has 0 bridgehead atoms.